The van der Waals surface area contributed by atoms with Crippen LogP contribution in [-0.2, 0) is 0 Å². The number of rotatable bonds is 5. The van der Waals surface area contributed by atoms with Crippen LogP contribution in [0.15, 0.2) is 0 Å². The van der Waals surface area contributed by atoms with Crippen LogP contribution in [-0.4, -0.2) is 29.6 Å². The van der Waals surface area contributed by atoms with Crippen LogP contribution in [0.5, 0.6) is 0 Å². The van der Waals surface area contributed by atoms with Crippen LogP contribution in [0, 0.1) is 11.8 Å². The highest BCUT2D eigenvalue weighted by Gasteiger charge is 2.45. The van der Waals surface area contributed by atoms with Crippen molar-refractivity contribution in [1.29, 1.82) is 0 Å². The molecule has 0 aromatic rings. The van der Waals surface area contributed by atoms with E-state index in [1.165, 1.54) is 32.2 Å². The summed E-state index contributed by atoms with van der Waals surface area (Å²) in [6, 6.07) is 0.603. The normalized spacial score (nSPS) is 34.6. The highest BCUT2D eigenvalue weighted by atomic mass is 15.2. The van der Waals surface area contributed by atoms with Gasteiger partial charge in [0.05, 0.1) is 0 Å². The Bertz CT molecular complexity index is 227. The van der Waals surface area contributed by atoms with Gasteiger partial charge < -0.3 is 5.73 Å². The zero-order chi connectivity index (χ0) is 13.1. The summed E-state index contributed by atoms with van der Waals surface area (Å²) in [7, 11) is 0. The molecule has 2 heteroatoms. The monoisotopic (exact) mass is 240 g/mol. The molecule has 1 aliphatic carbocycles. The SMILES string of the molecule is CCCN(C(C)C)C1(CN)CCCC(C)C1C. The van der Waals surface area contributed by atoms with Crippen LogP contribution in [0.25, 0.3) is 0 Å². The molecule has 102 valence electrons. The lowest BCUT2D eigenvalue weighted by molar-refractivity contribution is -0.0300. The van der Waals surface area contributed by atoms with Crippen molar-refractivity contribution < 1.29 is 0 Å². The maximum absolute atomic E-state index is 6.22. The lowest BCUT2D eigenvalue weighted by atomic mass is 9.67. The van der Waals surface area contributed by atoms with Gasteiger partial charge in [-0.15, -0.1) is 0 Å². The van der Waals surface area contributed by atoms with Crippen molar-refractivity contribution in [3.05, 3.63) is 0 Å². The molecule has 0 radical (unpaired) electrons. The zero-order valence-corrected chi connectivity index (χ0v) is 12.5. The van der Waals surface area contributed by atoms with Crippen molar-refractivity contribution in [2.75, 3.05) is 13.1 Å². The van der Waals surface area contributed by atoms with Crippen molar-refractivity contribution in [3.8, 4) is 0 Å². The van der Waals surface area contributed by atoms with Crippen LogP contribution in [0.3, 0.4) is 0 Å². The van der Waals surface area contributed by atoms with E-state index in [1.54, 1.807) is 0 Å². The first kappa shape index (κ1) is 15.0. The first-order valence-electron chi connectivity index (χ1n) is 7.46. The summed E-state index contributed by atoms with van der Waals surface area (Å²) in [5.41, 5.74) is 6.47. The number of hydrogen-bond acceptors (Lipinski definition) is 2. The van der Waals surface area contributed by atoms with Gasteiger partial charge in [0, 0.05) is 18.1 Å². The van der Waals surface area contributed by atoms with E-state index in [2.05, 4.69) is 39.5 Å². The minimum Gasteiger partial charge on any atom is -0.329 e. The summed E-state index contributed by atoms with van der Waals surface area (Å²) >= 11 is 0. The summed E-state index contributed by atoms with van der Waals surface area (Å²) < 4.78 is 0. The lowest BCUT2D eigenvalue weighted by Crippen LogP contribution is -2.63. The van der Waals surface area contributed by atoms with Crippen LogP contribution < -0.4 is 5.73 Å². The van der Waals surface area contributed by atoms with Crippen LogP contribution in [0.1, 0.15) is 60.3 Å². The van der Waals surface area contributed by atoms with Crippen molar-refractivity contribution >= 4 is 0 Å². The maximum Gasteiger partial charge on any atom is 0.0362 e. The largest absolute Gasteiger partial charge is 0.329 e. The molecule has 0 saturated heterocycles. The lowest BCUT2D eigenvalue weighted by Gasteiger charge is -2.54. The summed E-state index contributed by atoms with van der Waals surface area (Å²) in [6.45, 7) is 13.7. The predicted molar refractivity (Wildman–Crippen MR) is 76.1 cm³/mol. The fraction of sp³-hybridized carbons (Fsp3) is 1.00. The van der Waals surface area contributed by atoms with Crippen molar-refractivity contribution in [3.63, 3.8) is 0 Å². The molecule has 0 aromatic heterocycles. The average Bonchev–Trinajstić information content (AvgIpc) is 2.30. The molecule has 17 heavy (non-hydrogen) atoms. The summed E-state index contributed by atoms with van der Waals surface area (Å²) in [5, 5.41) is 0. The summed E-state index contributed by atoms with van der Waals surface area (Å²) in [6.07, 6.45) is 5.23. The van der Waals surface area contributed by atoms with Crippen molar-refractivity contribution in [2.24, 2.45) is 17.6 Å². The van der Waals surface area contributed by atoms with E-state index in [0.29, 0.717) is 6.04 Å². The van der Waals surface area contributed by atoms with E-state index < -0.39 is 0 Å². The third-order valence-corrected chi connectivity index (χ3v) is 4.98. The maximum atomic E-state index is 6.22. The molecule has 1 fully saturated rings. The Labute approximate surface area is 108 Å². The Hall–Kier alpha value is -0.0800. The molecule has 1 saturated carbocycles. The second-order valence-electron chi connectivity index (χ2n) is 6.25. The van der Waals surface area contributed by atoms with Gasteiger partial charge in [-0.25, -0.2) is 0 Å². The second kappa shape index (κ2) is 6.19. The van der Waals surface area contributed by atoms with Crippen molar-refractivity contribution in [2.45, 2.75) is 71.9 Å². The van der Waals surface area contributed by atoms with Gasteiger partial charge >= 0.3 is 0 Å². The Morgan fingerprint density at radius 3 is 2.47 bits per heavy atom. The molecule has 0 amide bonds. The van der Waals surface area contributed by atoms with Gasteiger partial charge in [0.1, 0.15) is 0 Å². The van der Waals surface area contributed by atoms with E-state index in [0.717, 1.165) is 18.4 Å². The first-order chi connectivity index (χ1) is 7.99. The molecule has 0 aliphatic heterocycles. The molecule has 1 rings (SSSR count). The fourth-order valence-electron chi connectivity index (χ4n) is 3.78. The number of hydrogen-bond donors (Lipinski definition) is 1. The minimum absolute atomic E-state index is 0.252. The molecule has 0 spiro atoms. The van der Waals surface area contributed by atoms with Gasteiger partial charge in [0.15, 0.2) is 0 Å². The summed E-state index contributed by atoms with van der Waals surface area (Å²) in [4.78, 5) is 2.69. The van der Waals surface area contributed by atoms with E-state index in [4.69, 9.17) is 5.73 Å². The molecule has 3 unspecified atom stereocenters. The Kier molecular flexibility index (Phi) is 5.46. The Morgan fingerprint density at radius 2 is 2.00 bits per heavy atom. The molecule has 3 atom stereocenters. The van der Waals surface area contributed by atoms with Crippen LogP contribution >= 0.6 is 0 Å². The highest BCUT2D eigenvalue weighted by molar-refractivity contribution is 5.01. The fourth-order valence-corrected chi connectivity index (χ4v) is 3.78. The molecule has 2 N–H and O–H groups in total. The standard InChI is InChI=1S/C15H32N2/c1-6-10-17(12(2)3)15(11-16)9-7-8-13(4)14(15)5/h12-14H,6-11,16H2,1-5H3. The molecule has 2 nitrogen and oxygen atoms in total. The third-order valence-electron chi connectivity index (χ3n) is 4.98. The van der Waals surface area contributed by atoms with Gasteiger partial charge in [0.2, 0.25) is 0 Å². The van der Waals surface area contributed by atoms with E-state index >= 15 is 0 Å². The smallest absolute Gasteiger partial charge is 0.0362 e. The number of nitrogens with zero attached hydrogens (tertiary/aromatic N) is 1. The van der Waals surface area contributed by atoms with Gasteiger partial charge in [-0.3, -0.25) is 4.90 Å². The van der Waals surface area contributed by atoms with Crippen LogP contribution in [0.4, 0.5) is 0 Å². The van der Waals surface area contributed by atoms with Crippen molar-refractivity contribution in [1.82, 2.24) is 4.90 Å². The highest BCUT2D eigenvalue weighted by Crippen LogP contribution is 2.42. The molecular formula is C15H32N2. The molecule has 0 aromatic carbocycles. The average molecular weight is 240 g/mol. The molecule has 0 bridgehead atoms. The Balaban J connectivity index is 2.97. The topological polar surface area (TPSA) is 29.3 Å². The predicted octanol–water partition coefficient (Wildman–Crippen LogP) is 3.26. The van der Waals surface area contributed by atoms with E-state index in [9.17, 15) is 0 Å². The van der Waals surface area contributed by atoms with E-state index in [-0.39, 0.29) is 5.54 Å². The zero-order valence-electron chi connectivity index (χ0n) is 12.5. The summed E-state index contributed by atoms with van der Waals surface area (Å²) in [5.74, 6) is 1.53. The van der Waals surface area contributed by atoms with Gasteiger partial charge in [0.25, 0.3) is 0 Å². The second-order valence-corrected chi connectivity index (χ2v) is 6.25. The minimum atomic E-state index is 0.252. The van der Waals surface area contributed by atoms with Crippen LogP contribution in [0.2, 0.25) is 0 Å². The number of nitrogens with two attached hydrogens (primary N) is 1. The molecule has 1 aliphatic rings. The van der Waals surface area contributed by atoms with Gasteiger partial charge in [-0.2, -0.15) is 0 Å². The van der Waals surface area contributed by atoms with E-state index in [1.807, 2.05) is 0 Å². The van der Waals surface area contributed by atoms with Gasteiger partial charge in [-0.1, -0.05) is 33.6 Å². The quantitative estimate of drug-likeness (QED) is 0.799. The molecule has 0 heterocycles. The first-order valence-corrected chi connectivity index (χ1v) is 7.46. The third kappa shape index (κ3) is 2.85. The Morgan fingerprint density at radius 1 is 1.35 bits per heavy atom. The van der Waals surface area contributed by atoms with Gasteiger partial charge in [-0.05, 0) is 45.1 Å². The molecular weight excluding hydrogens is 208 g/mol.